The van der Waals surface area contributed by atoms with Crippen LogP contribution < -0.4 is 11.1 Å². The molecule has 0 aliphatic carbocycles. The summed E-state index contributed by atoms with van der Waals surface area (Å²) >= 11 is 0. The molecule has 0 aliphatic heterocycles. The number of sulfonamides is 1. The molecule has 2 aromatic rings. The predicted octanol–water partition coefficient (Wildman–Crippen LogP) is 2.32. The molecule has 0 saturated carbocycles. The van der Waals surface area contributed by atoms with Crippen molar-refractivity contribution in [3.63, 3.8) is 0 Å². The van der Waals surface area contributed by atoms with E-state index in [2.05, 4.69) is 5.32 Å². The number of nitrogens with one attached hydrogen (secondary N) is 1. The van der Waals surface area contributed by atoms with Crippen molar-refractivity contribution < 1.29 is 13.2 Å². The summed E-state index contributed by atoms with van der Waals surface area (Å²) in [6.45, 7) is 3.67. The average molecular weight is 361 g/mol. The first kappa shape index (κ1) is 19.0. The summed E-state index contributed by atoms with van der Waals surface area (Å²) in [5.41, 5.74) is 9.24. The smallest absolute Gasteiger partial charge is 0.242 e. The number of anilines is 2. The van der Waals surface area contributed by atoms with E-state index in [0.29, 0.717) is 11.4 Å². The van der Waals surface area contributed by atoms with Crippen molar-refractivity contribution in [2.24, 2.45) is 0 Å². The third-order valence-corrected chi connectivity index (χ3v) is 5.83. The number of carbonyl (C=O) groups is 1. The molecular formula is C18H23N3O3S. The summed E-state index contributed by atoms with van der Waals surface area (Å²) < 4.78 is 25.9. The highest BCUT2D eigenvalue weighted by atomic mass is 32.2. The number of hydrogen-bond donors (Lipinski definition) is 2. The zero-order chi connectivity index (χ0) is 18.8. The van der Waals surface area contributed by atoms with Crippen LogP contribution in [0.25, 0.3) is 0 Å². The van der Waals surface area contributed by atoms with Crippen molar-refractivity contribution in [1.82, 2.24) is 4.31 Å². The minimum absolute atomic E-state index is 0.156. The van der Waals surface area contributed by atoms with Gasteiger partial charge in [0.15, 0.2) is 0 Å². The fourth-order valence-corrected chi connectivity index (χ4v) is 3.35. The van der Waals surface area contributed by atoms with Crippen LogP contribution in [0.4, 0.5) is 11.4 Å². The van der Waals surface area contributed by atoms with Gasteiger partial charge in [-0.25, -0.2) is 12.7 Å². The second kappa shape index (κ2) is 7.25. The zero-order valence-corrected chi connectivity index (χ0v) is 15.6. The Balaban J connectivity index is 2.28. The highest BCUT2D eigenvalue weighted by molar-refractivity contribution is 7.89. The molecule has 1 amide bonds. The number of nitrogens with zero attached hydrogens (tertiary/aromatic N) is 1. The number of hydrogen-bond acceptors (Lipinski definition) is 4. The van der Waals surface area contributed by atoms with Gasteiger partial charge in [0.1, 0.15) is 0 Å². The first-order chi connectivity index (χ1) is 11.6. The van der Waals surface area contributed by atoms with Crippen molar-refractivity contribution in [3.05, 3.63) is 53.1 Å². The second-order valence-electron chi connectivity index (χ2n) is 6.17. The van der Waals surface area contributed by atoms with E-state index in [-0.39, 0.29) is 17.2 Å². The molecule has 7 heteroatoms. The molecule has 2 aromatic carbocycles. The highest BCUT2D eigenvalue weighted by Crippen LogP contribution is 2.25. The van der Waals surface area contributed by atoms with Crippen LogP contribution in [0.15, 0.2) is 41.3 Å². The van der Waals surface area contributed by atoms with E-state index in [0.717, 1.165) is 21.0 Å². The lowest BCUT2D eigenvalue weighted by Gasteiger charge is -2.16. The van der Waals surface area contributed by atoms with Crippen LogP contribution >= 0.6 is 0 Å². The van der Waals surface area contributed by atoms with Crippen LogP contribution in [0.1, 0.15) is 16.7 Å². The van der Waals surface area contributed by atoms with Crippen molar-refractivity contribution in [2.45, 2.75) is 25.2 Å². The van der Waals surface area contributed by atoms with E-state index in [9.17, 15) is 13.2 Å². The number of rotatable bonds is 5. The van der Waals surface area contributed by atoms with Crippen LogP contribution in [-0.2, 0) is 21.2 Å². The van der Waals surface area contributed by atoms with Gasteiger partial charge in [-0.3, -0.25) is 4.79 Å². The lowest BCUT2D eigenvalue weighted by Crippen LogP contribution is -2.23. The molecule has 6 nitrogen and oxygen atoms in total. The minimum atomic E-state index is -3.57. The maximum absolute atomic E-state index is 12.4. The molecule has 134 valence electrons. The quantitative estimate of drug-likeness (QED) is 0.800. The number of benzene rings is 2. The maximum Gasteiger partial charge on any atom is 0.242 e. The molecule has 0 atom stereocenters. The van der Waals surface area contributed by atoms with Gasteiger partial charge in [0.2, 0.25) is 15.9 Å². The predicted molar refractivity (Wildman–Crippen MR) is 100.0 cm³/mol. The average Bonchev–Trinajstić information content (AvgIpc) is 2.53. The molecule has 0 fully saturated rings. The molecule has 0 unspecified atom stereocenters. The Morgan fingerprint density at radius 1 is 1.12 bits per heavy atom. The van der Waals surface area contributed by atoms with Gasteiger partial charge < -0.3 is 11.1 Å². The van der Waals surface area contributed by atoms with Crippen LogP contribution in [0, 0.1) is 13.8 Å². The molecule has 0 spiro atoms. The van der Waals surface area contributed by atoms with E-state index in [1.807, 2.05) is 13.8 Å². The van der Waals surface area contributed by atoms with Crippen molar-refractivity contribution in [2.75, 3.05) is 25.1 Å². The monoisotopic (exact) mass is 361 g/mol. The minimum Gasteiger partial charge on any atom is -0.399 e. The number of nitrogens with two attached hydrogens (primary N) is 1. The molecule has 3 N–H and O–H groups in total. The normalized spacial score (nSPS) is 11.6. The molecule has 0 heterocycles. The van der Waals surface area contributed by atoms with Gasteiger partial charge in [-0.2, -0.15) is 0 Å². The van der Waals surface area contributed by atoms with E-state index >= 15 is 0 Å². The van der Waals surface area contributed by atoms with Crippen LogP contribution in [0.3, 0.4) is 0 Å². The van der Waals surface area contributed by atoms with Crippen molar-refractivity contribution in [1.29, 1.82) is 0 Å². The van der Waals surface area contributed by atoms with Gasteiger partial charge in [0.25, 0.3) is 0 Å². The third-order valence-electron chi connectivity index (χ3n) is 4.04. The SMILES string of the molecule is Cc1cc(S(=O)(=O)N(C)C)cc(NC(=O)Cc2ccc(N)cc2)c1C. The lowest BCUT2D eigenvalue weighted by molar-refractivity contribution is -0.115. The van der Waals surface area contributed by atoms with E-state index in [4.69, 9.17) is 5.73 Å². The Kier molecular flexibility index (Phi) is 5.49. The highest BCUT2D eigenvalue weighted by Gasteiger charge is 2.20. The van der Waals surface area contributed by atoms with Crippen molar-refractivity contribution in [3.8, 4) is 0 Å². The fraction of sp³-hybridized carbons (Fsp3) is 0.278. The van der Waals surface area contributed by atoms with E-state index < -0.39 is 10.0 Å². The Morgan fingerprint density at radius 2 is 1.72 bits per heavy atom. The number of nitrogen functional groups attached to an aromatic ring is 1. The number of aryl methyl sites for hydroxylation is 1. The Hall–Kier alpha value is -2.38. The molecule has 0 radical (unpaired) electrons. The topological polar surface area (TPSA) is 92.5 Å². The lowest BCUT2D eigenvalue weighted by atomic mass is 10.1. The largest absolute Gasteiger partial charge is 0.399 e. The standard InChI is InChI=1S/C18H23N3O3S/c1-12-9-16(25(23,24)21(3)4)11-17(13(12)2)20-18(22)10-14-5-7-15(19)8-6-14/h5-9,11H,10,19H2,1-4H3,(H,20,22). The van der Waals surface area contributed by atoms with Crippen LogP contribution in [0.2, 0.25) is 0 Å². The molecule has 0 aliphatic rings. The maximum atomic E-state index is 12.4. The van der Waals surface area contributed by atoms with Gasteiger partial charge in [0, 0.05) is 25.5 Å². The van der Waals surface area contributed by atoms with Gasteiger partial charge in [-0.05, 0) is 54.8 Å². The van der Waals surface area contributed by atoms with Crippen molar-refractivity contribution >= 4 is 27.3 Å². The first-order valence-corrected chi connectivity index (χ1v) is 9.23. The van der Waals surface area contributed by atoms with Gasteiger partial charge in [-0.15, -0.1) is 0 Å². The first-order valence-electron chi connectivity index (χ1n) is 7.79. The Morgan fingerprint density at radius 3 is 2.28 bits per heavy atom. The summed E-state index contributed by atoms with van der Waals surface area (Å²) in [5.74, 6) is -0.216. The summed E-state index contributed by atoms with van der Waals surface area (Å²) in [4.78, 5) is 12.5. The zero-order valence-electron chi connectivity index (χ0n) is 14.8. The Bertz CT molecular complexity index is 889. The summed E-state index contributed by atoms with van der Waals surface area (Å²) in [7, 11) is -0.618. The molecule has 0 bridgehead atoms. The second-order valence-corrected chi connectivity index (χ2v) is 8.32. The number of amides is 1. The summed E-state index contributed by atoms with van der Waals surface area (Å²) in [5, 5.41) is 2.81. The fourth-order valence-electron chi connectivity index (χ4n) is 2.33. The van der Waals surface area contributed by atoms with E-state index in [1.54, 1.807) is 30.3 Å². The van der Waals surface area contributed by atoms with Gasteiger partial charge in [0.05, 0.1) is 11.3 Å². The summed E-state index contributed by atoms with van der Waals surface area (Å²) in [6, 6.07) is 10.2. The molecular weight excluding hydrogens is 338 g/mol. The van der Waals surface area contributed by atoms with Crippen LogP contribution in [-0.4, -0.2) is 32.7 Å². The third kappa shape index (κ3) is 4.37. The van der Waals surface area contributed by atoms with Gasteiger partial charge in [-0.1, -0.05) is 12.1 Å². The Labute approximate surface area is 148 Å². The molecule has 2 rings (SSSR count). The van der Waals surface area contributed by atoms with Crippen LogP contribution in [0.5, 0.6) is 0 Å². The molecule has 0 aromatic heterocycles. The number of carbonyl (C=O) groups excluding carboxylic acids is 1. The van der Waals surface area contributed by atoms with Gasteiger partial charge >= 0.3 is 0 Å². The molecule has 0 saturated heterocycles. The molecule has 25 heavy (non-hydrogen) atoms. The van der Waals surface area contributed by atoms with E-state index in [1.165, 1.54) is 20.2 Å². The summed E-state index contributed by atoms with van der Waals surface area (Å²) in [6.07, 6.45) is 0.184.